The van der Waals surface area contributed by atoms with Gasteiger partial charge in [-0.1, -0.05) is 6.92 Å². The Hall–Kier alpha value is -1.89. The second-order valence-electron chi connectivity index (χ2n) is 5.12. The van der Waals surface area contributed by atoms with Crippen LogP contribution in [0.3, 0.4) is 0 Å². The summed E-state index contributed by atoms with van der Waals surface area (Å²) in [6.45, 7) is 5.20. The lowest BCUT2D eigenvalue weighted by Crippen LogP contribution is -2.37. The number of aromatic nitrogens is 2. The van der Waals surface area contributed by atoms with E-state index in [2.05, 4.69) is 15.4 Å². The first-order valence-electron chi connectivity index (χ1n) is 6.38. The van der Waals surface area contributed by atoms with Crippen LogP contribution in [0.25, 0.3) is 0 Å². The van der Waals surface area contributed by atoms with Gasteiger partial charge in [0.1, 0.15) is 17.5 Å². The summed E-state index contributed by atoms with van der Waals surface area (Å²) in [6.07, 6.45) is 1.46. The number of amides is 1. The summed E-state index contributed by atoms with van der Waals surface area (Å²) in [5, 5.41) is 0. The standard InChI is InChI=1S/C12H20N6O/c1-3-8-15-9(17-14)6-10(16-8)18-5-4-12(2,7-18)11(13)19/h6H,3-5,7,14H2,1-2H3,(H2,13,19)(H,15,16,17). The Kier molecular flexibility index (Phi) is 3.57. The predicted molar refractivity (Wildman–Crippen MR) is 73.4 cm³/mol. The van der Waals surface area contributed by atoms with E-state index in [1.807, 2.05) is 18.7 Å². The molecule has 19 heavy (non-hydrogen) atoms. The molecule has 0 aliphatic carbocycles. The summed E-state index contributed by atoms with van der Waals surface area (Å²) < 4.78 is 0. The smallest absolute Gasteiger partial charge is 0.225 e. The molecule has 7 nitrogen and oxygen atoms in total. The van der Waals surface area contributed by atoms with Gasteiger partial charge in [0, 0.05) is 25.6 Å². The third-order valence-electron chi connectivity index (χ3n) is 3.62. The lowest BCUT2D eigenvalue weighted by molar-refractivity contribution is -0.125. The van der Waals surface area contributed by atoms with Gasteiger partial charge in [-0.25, -0.2) is 15.8 Å². The number of nitrogen functional groups attached to an aromatic ring is 1. The van der Waals surface area contributed by atoms with Crippen molar-refractivity contribution in [2.45, 2.75) is 26.7 Å². The lowest BCUT2D eigenvalue weighted by atomic mass is 9.89. The van der Waals surface area contributed by atoms with Crippen molar-refractivity contribution in [1.29, 1.82) is 0 Å². The molecular formula is C12H20N6O. The molecule has 0 saturated carbocycles. The molecule has 0 aromatic carbocycles. The van der Waals surface area contributed by atoms with Crippen molar-refractivity contribution < 1.29 is 4.79 Å². The summed E-state index contributed by atoms with van der Waals surface area (Å²) >= 11 is 0. The van der Waals surface area contributed by atoms with Crippen LogP contribution in [0.4, 0.5) is 11.6 Å². The maximum absolute atomic E-state index is 11.5. The number of carbonyl (C=O) groups excluding carboxylic acids is 1. The molecule has 5 N–H and O–H groups in total. The molecule has 1 fully saturated rings. The van der Waals surface area contributed by atoms with E-state index in [0.29, 0.717) is 12.4 Å². The molecule has 104 valence electrons. The zero-order valence-corrected chi connectivity index (χ0v) is 11.3. The highest BCUT2D eigenvalue weighted by Crippen LogP contribution is 2.32. The highest BCUT2D eigenvalue weighted by atomic mass is 16.1. The fourth-order valence-electron chi connectivity index (χ4n) is 2.23. The van der Waals surface area contributed by atoms with Crippen molar-refractivity contribution in [3.05, 3.63) is 11.9 Å². The van der Waals surface area contributed by atoms with Crippen LogP contribution >= 0.6 is 0 Å². The molecule has 1 unspecified atom stereocenters. The van der Waals surface area contributed by atoms with Gasteiger partial charge in [-0.15, -0.1) is 0 Å². The van der Waals surface area contributed by atoms with Gasteiger partial charge in [-0.2, -0.15) is 0 Å². The SMILES string of the molecule is CCc1nc(NN)cc(N2CCC(C)(C(N)=O)C2)n1. The van der Waals surface area contributed by atoms with Gasteiger partial charge in [0.15, 0.2) is 0 Å². The molecule has 0 bridgehead atoms. The minimum atomic E-state index is -0.492. The number of carbonyl (C=O) groups is 1. The second-order valence-corrected chi connectivity index (χ2v) is 5.12. The zero-order chi connectivity index (χ0) is 14.0. The number of rotatable bonds is 4. The van der Waals surface area contributed by atoms with Gasteiger partial charge in [-0.3, -0.25) is 4.79 Å². The summed E-state index contributed by atoms with van der Waals surface area (Å²) in [7, 11) is 0. The Bertz CT molecular complexity index is 469. The highest BCUT2D eigenvalue weighted by Gasteiger charge is 2.39. The Balaban J connectivity index is 2.26. The average molecular weight is 264 g/mol. The number of nitrogens with zero attached hydrogens (tertiary/aromatic N) is 3. The Morgan fingerprint density at radius 3 is 2.84 bits per heavy atom. The van der Waals surface area contributed by atoms with Crippen molar-refractivity contribution in [2.24, 2.45) is 17.0 Å². The normalized spacial score (nSPS) is 22.6. The van der Waals surface area contributed by atoms with Crippen LogP contribution in [0.5, 0.6) is 0 Å². The number of hydrogen-bond acceptors (Lipinski definition) is 6. The van der Waals surface area contributed by atoms with Gasteiger partial charge in [-0.05, 0) is 13.3 Å². The monoisotopic (exact) mass is 264 g/mol. The number of anilines is 2. The predicted octanol–water partition coefficient (Wildman–Crippen LogP) is 0.0263. The summed E-state index contributed by atoms with van der Waals surface area (Å²) in [5.41, 5.74) is 7.50. The fraction of sp³-hybridized carbons (Fsp3) is 0.583. The Morgan fingerprint density at radius 1 is 1.58 bits per heavy atom. The van der Waals surface area contributed by atoms with Gasteiger partial charge >= 0.3 is 0 Å². The fourth-order valence-corrected chi connectivity index (χ4v) is 2.23. The van der Waals surface area contributed by atoms with Gasteiger partial charge in [0.25, 0.3) is 0 Å². The summed E-state index contributed by atoms with van der Waals surface area (Å²) in [4.78, 5) is 22.2. The van der Waals surface area contributed by atoms with E-state index >= 15 is 0 Å². The lowest BCUT2D eigenvalue weighted by Gasteiger charge is -2.22. The van der Waals surface area contributed by atoms with Gasteiger partial charge in [0.05, 0.1) is 5.41 Å². The zero-order valence-electron chi connectivity index (χ0n) is 11.3. The maximum Gasteiger partial charge on any atom is 0.225 e. The largest absolute Gasteiger partial charge is 0.369 e. The third kappa shape index (κ3) is 2.60. The number of nitrogens with one attached hydrogen (secondary N) is 1. The van der Waals surface area contributed by atoms with Crippen molar-refractivity contribution in [1.82, 2.24) is 9.97 Å². The van der Waals surface area contributed by atoms with E-state index in [4.69, 9.17) is 11.6 Å². The Labute approximate surface area is 112 Å². The molecule has 2 rings (SSSR count). The molecule has 1 aliphatic rings. The molecule has 1 aromatic rings. The van der Waals surface area contributed by atoms with Crippen molar-refractivity contribution in [2.75, 3.05) is 23.4 Å². The minimum absolute atomic E-state index is 0.267. The molecule has 1 atom stereocenters. The molecule has 7 heteroatoms. The van der Waals surface area contributed by atoms with Crippen LogP contribution < -0.4 is 21.9 Å². The summed E-state index contributed by atoms with van der Waals surface area (Å²) in [5.74, 6) is 7.22. The molecule has 0 radical (unpaired) electrons. The van der Waals surface area contributed by atoms with Gasteiger partial charge in [0.2, 0.25) is 5.91 Å². The number of hydrogen-bond donors (Lipinski definition) is 3. The van der Waals surface area contributed by atoms with Crippen LogP contribution in [0.1, 0.15) is 26.1 Å². The van der Waals surface area contributed by atoms with Crippen molar-refractivity contribution in [3.8, 4) is 0 Å². The van der Waals surface area contributed by atoms with E-state index in [1.54, 1.807) is 6.07 Å². The number of nitrogens with two attached hydrogens (primary N) is 2. The molecule has 1 amide bonds. The van der Waals surface area contributed by atoms with Crippen molar-refractivity contribution in [3.63, 3.8) is 0 Å². The second kappa shape index (κ2) is 5.00. The molecule has 0 spiro atoms. The Morgan fingerprint density at radius 2 is 2.32 bits per heavy atom. The number of primary amides is 1. The first kappa shape index (κ1) is 13.5. The van der Waals surface area contributed by atoms with Gasteiger partial charge < -0.3 is 16.1 Å². The van der Waals surface area contributed by atoms with Crippen LogP contribution in [-0.2, 0) is 11.2 Å². The first-order valence-corrected chi connectivity index (χ1v) is 6.38. The van der Waals surface area contributed by atoms with E-state index < -0.39 is 5.41 Å². The number of hydrazine groups is 1. The summed E-state index contributed by atoms with van der Waals surface area (Å²) in [6, 6.07) is 1.78. The van der Waals surface area contributed by atoms with Crippen LogP contribution in [0, 0.1) is 5.41 Å². The van der Waals surface area contributed by atoms with E-state index in [9.17, 15) is 4.79 Å². The number of aryl methyl sites for hydroxylation is 1. The van der Waals surface area contributed by atoms with Crippen LogP contribution in [-0.4, -0.2) is 29.0 Å². The minimum Gasteiger partial charge on any atom is -0.369 e. The van der Waals surface area contributed by atoms with Crippen LogP contribution in [0.15, 0.2) is 6.07 Å². The van der Waals surface area contributed by atoms with Crippen LogP contribution in [0.2, 0.25) is 0 Å². The van der Waals surface area contributed by atoms with E-state index in [1.165, 1.54) is 0 Å². The molecule has 2 heterocycles. The molecule has 1 saturated heterocycles. The highest BCUT2D eigenvalue weighted by molar-refractivity contribution is 5.82. The molecular weight excluding hydrogens is 244 g/mol. The third-order valence-corrected chi connectivity index (χ3v) is 3.62. The molecule has 1 aliphatic heterocycles. The van der Waals surface area contributed by atoms with E-state index in [0.717, 1.165) is 31.0 Å². The molecule has 1 aromatic heterocycles. The van der Waals surface area contributed by atoms with E-state index in [-0.39, 0.29) is 5.91 Å². The topological polar surface area (TPSA) is 110 Å². The quantitative estimate of drug-likeness (QED) is 0.522. The maximum atomic E-state index is 11.5. The first-order chi connectivity index (χ1) is 8.98. The van der Waals surface area contributed by atoms with Crippen molar-refractivity contribution >= 4 is 17.5 Å². The average Bonchev–Trinajstić information content (AvgIpc) is 2.82.